The summed E-state index contributed by atoms with van der Waals surface area (Å²) in [6.45, 7) is 2.70. The summed E-state index contributed by atoms with van der Waals surface area (Å²) in [7, 11) is 0. The molecule has 1 fully saturated rings. The Hall–Kier alpha value is -0.370. The quantitative estimate of drug-likeness (QED) is 0.347. The van der Waals surface area contributed by atoms with Gasteiger partial charge in [0.05, 0.1) is 17.2 Å². The monoisotopic (exact) mass is 408 g/mol. The first-order valence-corrected chi connectivity index (χ1v) is 8.15. The van der Waals surface area contributed by atoms with Crippen LogP contribution in [0.2, 0.25) is 0 Å². The summed E-state index contributed by atoms with van der Waals surface area (Å²) in [4.78, 5) is 8.88. The molecule has 4 nitrogen and oxygen atoms in total. The molecule has 0 amide bonds. The molecular formula is C14H25IN4S. The molecule has 0 unspecified atom stereocenters. The molecule has 1 aliphatic rings. The molecule has 0 atom stereocenters. The molecule has 0 bridgehead atoms. The summed E-state index contributed by atoms with van der Waals surface area (Å²) >= 11 is 1.70. The standard InChI is InChI=1S/C14H24N4S.HI/c1-2-13-17-12(10-19-13)9-16-14(15)18-11-7-5-3-4-6-8-11;/h10-11H,2-9H2,1H3,(H3,15,16,18);1H. The molecule has 0 radical (unpaired) electrons. The number of nitrogens with two attached hydrogens (primary N) is 1. The Morgan fingerprint density at radius 2 is 2.10 bits per heavy atom. The van der Waals surface area contributed by atoms with Crippen LogP contribution in [-0.4, -0.2) is 17.0 Å². The van der Waals surface area contributed by atoms with Gasteiger partial charge in [-0.15, -0.1) is 35.3 Å². The molecule has 3 N–H and O–H groups in total. The summed E-state index contributed by atoms with van der Waals surface area (Å²) in [5.74, 6) is 0.568. The van der Waals surface area contributed by atoms with Crippen LogP contribution in [0.3, 0.4) is 0 Å². The molecule has 0 saturated heterocycles. The van der Waals surface area contributed by atoms with Gasteiger partial charge in [-0.25, -0.2) is 9.98 Å². The smallest absolute Gasteiger partial charge is 0.189 e. The maximum Gasteiger partial charge on any atom is 0.189 e. The number of nitrogens with zero attached hydrogens (tertiary/aromatic N) is 2. The number of rotatable bonds is 4. The highest BCUT2D eigenvalue weighted by Gasteiger charge is 2.12. The van der Waals surface area contributed by atoms with Gasteiger partial charge in [-0.3, -0.25) is 0 Å². The van der Waals surface area contributed by atoms with E-state index in [2.05, 4.69) is 27.6 Å². The number of aromatic nitrogens is 1. The van der Waals surface area contributed by atoms with E-state index in [1.807, 2.05) is 0 Å². The molecule has 20 heavy (non-hydrogen) atoms. The van der Waals surface area contributed by atoms with Crippen LogP contribution in [-0.2, 0) is 13.0 Å². The van der Waals surface area contributed by atoms with Gasteiger partial charge in [0, 0.05) is 11.4 Å². The number of aliphatic imine (C=N–C) groups is 1. The van der Waals surface area contributed by atoms with Crippen molar-refractivity contribution in [2.24, 2.45) is 10.7 Å². The SMILES string of the molecule is CCc1nc(CN=C(N)NC2CCCCCC2)cs1.I. The molecule has 114 valence electrons. The van der Waals surface area contributed by atoms with Crippen LogP contribution in [0.5, 0.6) is 0 Å². The Bertz CT molecular complexity index is 411. The van der Waals surface area contributed by atoms with Gasteiger partial charge in [0.25, 0.3) is 0 Å². The normalized spacial score (nSPS) is 17.4. The largest absolute Gasteiger partial charge is 0.370 e. The van der Waals surface area contributed by atoms with E-state index in [0.29, 0.717) is 18.5 Å². The summed E-state index contributed by atoms with van der Waals surface area (Å²) in [6.07, 6.45) is 8.74. The second kappa shape index (κ2) is 9.55. The number of hydrogen-bond acceptors (Lipinski definition) is 3. The van der Waals surface area contributed by atoms with Gasteiger partial charge in [0.15, 0.2) is 5.96 Å². The summed E-state index contributed by atoms with van der Waals surface area (Å²) in [5, 5.41) is 6.59. The minimum atomic E-state index is 0. The first kappa shape index (κ1) is 17.7. The maximum absolute atomic E-state index is 5.96. The zero-order valence-corrected chi connectivity index (χ0v) is 15.2. The number of hydrogen-bond donors (Lipinski definition) is 2. The first-order chi connectivity index (χ1) is 9.28. The molecule has 2 rings (SSSR count). The Morgan fingerprint density at radius 1 is 1.40 bits per heavy atom. The fourth-order valence-electron chi connectivity index (χ4n) is 2.43. The van der Waals surface area contributed by atoms with Crippen molar-refractivity contribution in [2.45, 2.75) is 64.5 Å². The van der Waals surface area contributed by atoms with Gasteiger partial charge in [-0.1, -0.05) is 32.6 Å². The number of nitrogens with one attached hydrogen (secondary N) is 1. The third kappa shape index (κ3) is 5.95. The predicted molar refractivity (Wildman–Crippen MR) is 96.9 cm³/mol. The van der Waals surface area contributed by atoms with Gasteiger partial charge < -0.3 is 11.1 Å². The number of aryl methyl sites for hydroxylation is 1. The van der Waals surface area contributed by atoms with Gasteiger partial charge in [0.2, 0.25) is 0 Å². The zero-order chi connectivity index (χ0) is 13.5. The van der Waals surface area contributed by atoms with Gasteiger partial charge in [-0.2, -0.15) is 0 Å². The second-order valence-electron chi connectivity index (χ2n) is 5.12. The molecule has 0 spiro atoms. The topological polar surface area (TPSA) is 63.3 Å². The average Bonchev–Trinajstić information content (AvgIpc) is 2.73. The van der Waals surface area contributed by atoms with Crippen molar-refractivity contribution in [3.8, 4) is 0 Å². The van der Waals surface area contributed by atoms with E-state index in [1.54, 1.807) is 11.3 Å². The van der Waals surface area contributed by atoms with Crippen LogP contribution >= 0.6 is 35.3 Å². The Kier molecular flexibility index (Phi) is 8.44. The lowest BCUT2D eigenvalue weighted by Crippen LogP contribution is -2.39. The third-order valence-electron chi connectivity index (χ3n) is 3.52. The van der Waals surface area contributed by atoms with Crippen LogP contribution < -0.4 is 11.1 Å². The molecule has 6 heteroatoms. The first-order valence-electron chi connectivity index (χ1n) is 7.27. The van der Waals surface area contributed by atoms with Crippen molar-refractivity contribution in [2.75, 3.05) is 0 Å². The minimum Gasteiger partial charge on any atom is -0.370 e. The third-order valence-corrected chi connectivity index (χ3v) is 4.56. The number of guanidine groups is 1. The van der Waals surface area contributed by atoms with Crippen LogP contribution in [0.4, 0.5) is 0 Å². The fourth-order valence-corrected chi connectivity index (χ4v) is 3.16. The highest BCUT2D eigenvalue weighted by molar-refractivity contribution is 14.0. The highest BCUT2D eigenvalue weighted by Crippen LogP contribution is 2.17. The molecule has 1 aromatic rings. The average molecular weight is 408 g/mol. The molecule has 1 saturated carbocycles. The maximum atomic E-state index is 5.96. The van der Waals surface area contributed by atoms with Crippen molar-refractivity contribution in [3.05, 3.63) is 16.1 Å². The lowest BCUT2D eigenvalue weighted by molar-refractivity contribution is 0.530. The van der Waals surface area contributed by atoms with Gasteiger partial charge >= 0.3 is 0 Å². The molecule has 1 aliphatic carbocycles. The minimum absolute atomic E-state index is 0. The lowest BCUT2D eigenvalue weighted by Gasteiger charge is -2.16. The summed E-state index contributed by atoms with van der Waals surface area (Å²) in [6, 6.07) is 0.507. The Balaban J connectivity index is 0.00000200. The molecule has 0 aliphatic heterocycles. The molecule has 0 aromatic carbocycles. The van der Waals surface area contributed by atoms with E-state index < -0.39 is 0 Å². The number of thiazole rings is 1. The van der Waals surface area contributed by atoms with Crippen LogP contribution in [0.25, 0.3) is 0 Å². The van der Waals surface area contributed by atoms with E-state index in [9.17, 15) is 0 Å². The lowest BCUT2D eigenvalue weighted by atomic mass is 10.1. The van der Waals surface area contributed by atoms with E-state index >= 15 is 0 Å². The molecule has 1 aromatic heterocycles. The van der Waals surface area contributed by atoms with Crippen LogP contribution in [0, 0.1) is 0 Å². The van der Waals surface area contributed by atoms with Crippen molar-refractivity contribution < 1.29 is 0 Å². The van der Waals surface area contributed by atoms with Gasteiger partial charge in [-0.05, 0) is 19.3 Å². The van der Waals surface area contributed by atoms with E-state index in [4.69, 9.17) is 5.73 Å². The summed E-state index contributed by atoms with van der Waals surface area (Å²) in [5.41, 5.74) is 6.98. The second-order valence-corrected chi connectivity index (χ2v) is 6.06. The van der Waals surface area contributed by atoms with E-state index in [1.165, 1.54) is 43.5 Å². The van der Waals surface area contributed by atoms with Crippen molar-refractivity contribution >= 4 is 41.3 Å². The van der Waals surface area contributed by atoms with Crippen molar-refractivity contribution in [1.29, 1.82) is 0 Å². The van der Waals surface area contributed by atoms with E-state index in [0.717, 1.165) is 12.1 Å². The Labute approximate surface area is 142 Å². The molecule has 1 heterocycles. The highest BCUT2D eigenvalue weighted by atomic mass is 127. The van der Waals surface area contributed by atoms with Crippen LogP contribution in [0.15, 0.2) is 10.4 Å². The molecular weight excluding hydrogens is 383 g/mol. The van der Waals surface area contributed by atoms with Crippen molar-refractivity contribution in [3.63, 3.8) is 0 Å². The van der Waals surface area contributed by atoms with Crippen molar-refractivity contribution in [1.82, 2.24) is 10.3 Å². The summed E-state index contributed by atoms with van der Waals surface area (Å²) < 4.78 is 0. The number of halogens is 1. The Morgan fingerprint density at radius 3 is 2.70 bits per heavy atom. The van der Waals surface area contributed by atoms with Gasteiger partial charge in [0.1, 0.15) is 0 Å². The van der Waals surface area contributed by atoms with Crippen LogP contribution in [0.1, 0.15) is 56.2 Å². The fraction of sp³-hybridized carbons (Fsp3) is 0.714. The van der Waals surface area contributed by atoms with E-state index in [-0.39, 0.29) is 24.0 Å². The predicted octanol–water partition coefficient (Wildman–Crippen LogP) is 3.45. The zero-order valence-electron chi connectivity index (χ0n) is 12.1.